The Morgan fingerprint density at radius 2 is 1.88 bits per heavy atom. The number of aliphatic hydroxyl groups excluding tert-OH is 2. The number of allylic oxidation sites excluding steroid dienone is 3. The molecular formula is C27H47NO4. The molecule has 0 heterocycles. The summed E-state index contributed by atoms with van der Waals surface area (Å²) in [6.07, 6.45) is 10.4. The maximum atomic E-state index is 10.5. The van der Waals surface area contributed by atoms with Gasteiger partial charge < -0.3 is 25.8 Å². The highest BCUT2D eigenvalue weighted by molar-refractivity contribution is 5.31. The number of hydrogen-bond acceptors (Lipinski definition) is 5. The van der Waals surface area contributed by atoms with E-state index in [1.165, 1.54) is 5.57 Å². The summed E-state index contributed by atoms with van der Waals surface area (Å²) < 4.78 is 6.19. The largest absolute Gasteiger partial charge is 0.393 e. The van der Waals surface area contributed by atoms with Crippen LogP contribution in [0, 0.1) is 16.7 Å². The van der Waals surface area contributed by atoms with Crippen molar-refractivity contribution in [1.29, 1.82) is 0 Å². The van der Waals surface area contributed by atoms with Crippen molar-refractivity contribution in [2.75, 3.05) is 6.61 Å². The van der Waals surface area contributed by atoms with Crippen molar-refractivity contribution in [2.24, 2.45) is 22.5 Å². The van der Waals surface area contributed by atoms with E-state index in [2.05, 4.69) is 39.8 Å². The highest BCUT2D eigenvalue weighted by Gasteiger charge is 2.59. The van der Waals surface area contributed by atoms with Crippen LogP contribution in [0.5, 0.6) is 0 Å². The van der Waals surface area contributed by atoms with Crippen LogP contribution < -0.4 is 5.73 Å². The molecule has 0 radical (unpaired) electrons. The van der Waals surface area contributed by atoms with Gasteiger partial charge >= 0.3 is 0 Å². The van der Waals surface area contributed by atoms with Crippen molar-refractivity contribution >= 4 is 0 Å². The molecule has 3 rings (SSSR count). The topological polar surface area (TPSA) is 95.9 Å². The fourth-order valence-corrected chi connectivity index (χ4v) is 6.51. The lowest BCUT2D eigenvalue weighted by molar-refractivity contribution is -0.0598. The summed E-state index contributed by atoms with van der Waals surface area (Å²) in [5, 5.41) is 30.7. The average Bonchev–Trinajstić information content (AvgIpc) is 2.95. The zero-order valence-electron chi connectivity index (χ0n) is 21.2. The molecule has 0 aromatic heterocycles. The van der Waals surface area contributed by atoms with Crippen LogP contribution in [-0.4, -0.2) is 51.4 Å². The lowest BCUT2D eigenvalue weighted by atomic mass is 9.59. The SMILES string of the molecule is C[C@H](OCCC(C)(C)O)[C@@]1(N)CCC2/C(=C/C=C3\C[C@@H](O)C[C@H](O)C3(C)C)CCC[C@@]21C. The summed E-state index contributed by atoms with van der Waals surface area (Å²) in [5.41, 5.74) is 8.25. The van der Waals surface area contributed by atoms with Crippen LogP contribution in [0.4, 0.5) is 0 Å². The van der Waals surface area contributed by atoms with Crippen LogP contribution in [-0.2, 0) is 4.74 Å². The van der Waals surface area contributed by atoms with Crippen molar-refractivity contribution in [3.63, 3.8) is 0 Å². The molecule has 3 saturated carbocycles. The second-order valence-electron chi connectivity index (χ2n) is 12.2. The number of fused-ring (bicyclic) bond motifs is 1. The third-order valence-corrected chi connectivity index (χ3v) is 9.21. The number of hydrogen-bond donors (Lipinski definition) is 4. The summed E-state index contributed by atoms with van der Waals surface area (Å²) in [7, 11) is 0. The first-order valence-corrected chi connectivity index (χ1v) is 12.6. The summed E-state index contributed by atoms with van der Waals surface area (Å²) >= 11 is 0. The monoisotopic (exact) mass is 449 g/mol. The predicted octanol–water partition coefficient (Wildman–Crippen LogP) is 4.24. The van der Waals surface area contributed by atoms with Gasteiger partial charge in [0.05, 0.1) is 23.9 Å². The van der Waals surface area contributed by atoms with E-state index in [-0.39, 0.29) is 22.5 Å². The highest BCUT2D eigenvalue weighted by Crippen LogP contribution is 2.59. The highest BCUT2D eigenvalue weighted by atomic mass is 16.5. The second-order valence-corrected chi connectivity index (χ2v) is 12.2. The van der Waals surface area contributed by atoms with Crippen LogP contribution in [0.1, 0.15) is 92.9 Å². The van der Waals surface area contributed by atoms with Gasteiger partial charge in [0.2, 0.25) is 0 Å². The van der Waals surface area contributed by atoms with E-state index < -0.39 is 17.8 Å². The molecule has 0 aromatic carbocycles. The van der Waals surface area contributed by atoms with Gasteiger partial charge in [-0.1, -0.05) is 44.1 Å². The molecule has 5 heteroatoms. The van der Waals surface area contributed by atoms with Crippen molar-refractivity contribution in [3.05, 3.63) is 23.3 Å². The van der Waals surface area contributed by atoms with E-state index in [9.17, 15) is 15.3 Å². The normalized spacial score (nSPS) is 41.1. The van der Waals surface area contributed by atoms with Crippen LogP contribution in [0.25, 0.3) is 0 Å². The quantitative estimate of drug-likeness (QED) is 0.486. The first-order chi connectivity index (χ1) is 14.7. The molecule has 184 valence electrons. The molecule has 0 aromatic rings. The lowest BCUT2D eigenvalue weighted by Crippen LogP contribution is -2.61. The fourth-order valence-electron chi connectivity index (χ4n) is 6.51. The van der Waals surface area contributed by atoms with Crippen molar-refractivity contribution < 1.29 is 20.1 Å². The molecule has 1 unspecified atom stereocenters. The summed E-state index contributed by atoms with van der Waals surface area (Å²) in [6.45, 7) is 12.7. The van der Waals surface area contributed by atoms with Gasteiger partial charge in [-0.3, -0.25) is 0 Å². The van der Waals surface area contributed by atoms with Gasteiger partial charge in [0.25, 0.3) is 0 Å². The minimum atomic E-state index is -0.730. The molecule has 0 saturated heterocycles. The molecule has 0 aliphatic heterocycles. The van der Waals surface area contributed by atoms with Gasteiger partial charge in [-0.25, -0.2) is 0 Å². The molecule has 0 spiro atoms. The van der Waals surface area contributed by atoms with E-state index in [1.54, 1.807) is 0 Å². The van der Waals surface area contributed by atoms with Gasteiger partial charge in [0, 0.05) is 24.0 Å². The molecule has 3 aliphatic carbocycles. The average molecular weight is 450 g/mol. The third kappa shape index (κ3) is 4.88. The molecular weight excluding hydrogens is 402 g/mol. The Morgan fingerprint density at radius 3 is 2.53 bits per heavy atom. The molecule has 0 bridgehead atoms. The Morgan fingerprint density at radius 1 is 1.19 bits per heavy atom. The van der Waals surface area contributed by atoms with Gasteiger partial charge in [-0.15, -0.1) is 0 Å². The van der Waals surface area contributed by atoms with Gasteiger partial charge in [-0.2, -0.15) is 0 Å². The number of rotatable bonds is 6. The molecule has 5 N–H and O–H groups in total. The van der Waals surface area contributed by atoms with Gasteiger partial charge in [0.1, 0.15) is 0 Å². The van der Waals surface area contributed by atoms with E-state index in [1.807, 2.05) is 13.8 Å². The Kier molecular flexibility index (Phi) is 7.40. The minimum absolute atomic E-state index is 0.0230. The number of nitrogens with two attached hydrogens (primary N) is 1. The Bertz CT molecular complexity index is 736. The van der Waals surface area contributed by atoms with Crippen LogP contribution >= 0.6 is 0 Å². The zero-order chi connectivity index (χ0) is 23.9. The maximum Gasteiger partial charge on any atom is 0.0731 e. The van der Waals surface area contributed by atoms with Crippen molar-refractivity contribution in [2.45, 2.75) is 122 Å². The van der Waals surface area contributed by atoms with Crippen molar-refractivity contribution in [1.82, 2.24) is 0 Å². The third-order valence-electron chi connectivity index (χ3n) is 9.21. The number of aliphatic hydroxyl groups is 3. The molecule has 3 fully saturated rings. The van der Waals surface area contributed by atoms with Crippen LogP contribution in [0.3, 0.4) is 0 Å². The van der Waals surface area contributed by atoms with E-state index in [0.717, 1.165) is 37.7 Å². The van der Waals surface area contributed by atoms with E-state index in [4.69, 9.17) is 10.5 Å². The molecule has 0 amide bonds. The summed E-state index contributed by atoms with van der Waals surface area (Å²) in [5.74, 6) is 0.431. The van der Waals surface area contributed by atoms with Crippen LogP contribution in [0.15, 0.2) is 23.3 Å². The molecule has 6 atom stereocenters. The molecule has 3 aliphatic rings. The number of ether oxygens (including phenoxy) is 1. The maximum absolute atomic E-state index is 10.5. The Balaban J connectivity index is 1.79. The zero-order valence-corrected chi connectivity index (χ0v) is 21.2. The standard InChI is InChI=1S/C27H47NO4/c1-18(32-15-14-24(2,3)31)27(28)13-11-22-19(8-7-12-26(22,27)6)9-10-20-16-21(29)17-23(30)25(20,4)5/h9-10,18,21-23,29-31H,7-8,11-17,28H2,1-6H3/b19-9+,20-10+/t18-,21+,22?,23-,26-,27-/m0/s1. The first kappa shape index (κ1) is 25.9. The lowest BCUT2D eigenvalue weighted by Gasteiger charge is -2.50. The minimum Gasteiger partial charge on any atom is -0.393 e. The second kappa shape index (κ2) is 9.14. The van der Waals surface area contributed by atoms with E-state index in [0.29, 0.717) is 31.8 Å². The molecule has 5 nitrogen and oxygen atoms in total. The smallest absolute Gasteiger partial charge is 0.0731 e. The summed E-state index contributed by atoms with van der Waals surface area (Å²) in [6, 6.07) is 0. The van der Waals surface area contributed by atoms with Gasteiger partial charge in [0.15, 0.2) is 0 Å². The fraction of sp³-hybridized carbons (Fsp3) is 0.852. The van der Waals surface area contributed by atoms with Crippen molar-refractivity contribution in [3.8, 4) is 0 Å². The predicted molar refractivity (Wildman–Crippen MR) is 129 cm³/mol. The Labute approximate surface area is 195 Å². The van der Waals surface area contributed by atoms with Crippen LogP contribution in [0.2, 0.25) is 0 Å². The van der Waals surface area contributed by atoms with E-state index >= 15 is 0 Å². The summed E-state index contributed by atoms with van der Waals surface area (Å²) in [4.78, 5) is 0. The Hall–Kier alpha value is -0.720. The molecule has 32 heavy (non-hydrogen) atoms. The van der Waals surface area contributed by atoms with Gasteiger partial charge in [-0.05, 0) is 77.0 Å². The first-order valence-electron chi connectivity index (χ1n) is 12.6.